The van der Waals surface area contributed by atoms with Gasteiger partial charge in [-0.05, 0) is 36.6 Å². The van der Waals surface area contributed by atoms with E-state index in [1.165, 1.54) is 15.8 Å². The second-order valence-electron chi connectivity index (χ2n) is 10.6. The smallest absolute Gasteiger partial charge is 0.234 e. The third kappa shape index (κ3) is 4.94. The van der Waals surface area contributed by atoms with Crippen LogP contribution in [0, 0.1) is 0 Å². The molecule has 2 N–H and O–H groups in total. The summed E-state index contributed by atoms with van der Waals surface area (Å²) in [5.74, 6) is 0.163. The first-order valence-electron chi connectivity index (χ1n) is 13.6. The molecule has 3 fully saturated rings. The van der Waals surface area contributed by atoms with Gasteiger partial charge in [0, 0.05) is 73.5 Å². The Hall–Kier alpha value is -2.89. The molecule has 5 heterocycles. The van der Waals surface area contributed by atoms with Crippen LogP contribution in [0.1, 0.15) is 35.6 Å². The number of thiophene rings is 1. The van der Waals surface area contributed by atoms with Gasteiger partial charge in [-0.2, -0.15) is 0 Å². The van der Waals surface area contributed by atoms with Crippen LogP contribution in [-0.4, -0.2) is 94.0 Å². The molecule has 7 rings (SSSR count). The summed E-state index contributed by atoms with van der Waals surface area (Å²) < 4.78 is 7.47. The van der Waals surface area contributed by atoms with Gasteiger partial charge in [-0.1, -0.05) is 12.1 Å². The fourth-order valence-electron chi connectivity index (χ4n) is 5.86. The Morgan fingerprint density at radius 2 is 2.05 bits per heavy atom. The molecule has 0 bridgehead atoms. The first kappa shape index (κ1) is 24.2. The number of aromatic nitrogens is 3. The number of hydrogen-bond donors (Lipinski definition) is 2. The lowest BCUT2D eigenvalue weighted by atomic mass is 10.0. The van der Waals surface area contributed by atoms with Gasteiger partial charge in [0.1, 0.15) is 6.33 Å². The number of rotatable bonds is 7. The van der Waals surface area contributed by atoms with Crippen molar-refractivity contribution < 1.29 is 9.53 Å². The molecule has 2 atom stereocenters. The van der Waals surface area contributed by atoms with E-state index in [4.69, 9.17) is 4.74 Å². The molecule has 4 aromatic rings. The maximum atomic E-state index is 12.4. The quantitative estimate of drug-likeness (QED) is 0.379. The number of hydrogen-bond acceptors (Lipinski definition) is 8. The maximum absolute atomic E-state index is 12.4. The van der Waals surface area contributed by atoms with Gasteiger partial charge >= 0.3 is 0 Å². The molecule has 2 aliphatic heterocycles. The molecular formula is C28H33N7O2S. The molecular weight excluding hydrogens is 498 g/mol. The van der Waals surface area contributed by atoms with Crippen molar-refractivity contribution in [3.8, 4) is 0 Å². The van der Waals surface area contributed by atoms with Gasteiger partial charge in [-0.15, -0.1) is 11.3 Å². The number of piperazine rings is 1. The summed E-state index contributed by atoms with van der Waals surface area (Å²) in [4.78, 5) is 33.2. The predicted molar refractivity (Wildman–Crippen MR) is 148 cm³/mol. The summed E-state index contributed by atoms with van der Waals surface area (Å²) >= 11 is 1.79. The molecule has 198 valence electrons. The van der Waals surface area contributed by atoms with E-state index in [1.807, 2.05) is 12.4 Å². The highest BCUT2D eigenvalue weighted by Crippen LogP contribution is 2.38. The molecule has 3 aromatic heterocycles. The zero-order valence-electron chi connectivity index (χ0n) is 21.4. The number of carbonyl (C=O) groups is 1. The van der Waals surface area contributed by atoms with Gasteiger partial charge in [0.15, 0.2) is 0 Å². The lowest BCUT2D eigenvalue weighted by Gasteiger charge is -2.46. The molecule has 0 spiro atoms. The van der Waals surface area contributed by atoms with Crippen LogP contribution in [0.2, 0.25) is 0 Å². The van der Waals surface area contributed by atoms with Crippen molar-refractivity contribution in [3.63, 3.8) is 0 Å². The topological polar surface area (TPSA) is 89.6 Å². The largest absolute Gasteiger partial charge is 0.371 e. The van der Waals surface area contributed by atoms with Crippen LogP contribution >= 0.6 is 11.3 Å². The standard InChI is InChI=1S/C28H33N7O2S/c36-27(32-19-4-5-19)17-33-8-10-34(11-9-33)28(25-14-23-26(38-25)15-29-18-31-23)35-12-13-37-24(16-35)21-2-1-3-22-20(21)6-7-30-22/h1-3,6-7,14-15,18-19,24,28,30H,4-5,8-13,16-17H2,(H,32,36). The molecule has 10 heteroatoms. The second-order valence-corrected chi connectivity index (χ2v) is 11.7. The van der Waals surface area contributed by atoms with E-state index in [-0.39, 0.29) is 18.2 Å². The van der Waals surface area contributed by atoms with Crippen molar-refractivity contribution >= 4 is 38.4 Å². The normalized spacial score (nSPS) is 22.7. The molecule has 1 aromatic carbocycles. The Morgan fingerprint density at radius 3 is 2.89 bits per heavy atom. The molecule has 1 aliphatic carbocycles. The highest BCUT2D eigenvalue weighted by molar-refractivity contribution is 7.19. The average molecular weight is 532 g/mol. The molecule has 0 radical (unpaired) electrons. The van der Waals surface area contributed by atoms with Crippen molar-refractivity contribution in [2.45, 2.75) is 31.2 Å². The van der Waals surface area contributed by atoms with Crippen LogP contribution in [0.4, 0.5) is 0 Å². The van der Waals surface area contributed by atoms with Crippen molar-refractivity contribution in [3.05, 3.63) is 59.5 Å². The number of carbonyl (C=O) groups excluding carboxylic acids is 1. The van der Waals surface area contributed by atoms with Crippen molar-refractivity contribution in [1.29, 1.82) is 0 Å². The minimum atomic E-state index is 0.00679. The summed E-state index contributed by atoms with van der Waals surface area (Å²) in [7, 11) is 0. The van der Waals surface area contributed by atoms with Crippen LogP contribution in [0.3, 0.4) is 0 Å². The van der Waals surface area contributed by atoms with E-state index in [0.717, 1.165) is 67.8 Å². The molecule has 3 aliphatic rings. The number of H-pyrrole nitrogens is 1. The van der Waals surface area contributed by atoms with Crippen LogP contribution in [-0.2, 0) is 9.53 Å². The highest BCUT2D eigenvalue weighted by Gasteiger charge is 2.35. The van der Waals surface area contributed by atoms with E-state index in [9.17, 15) is 4.79 Å². The van der Waals surface area contributed by atoms with E-state index in [0.29, 0.717) is 19.2 Å². The fraction of sp³-hybridized carbons (Fsp3) is 0.464. The Kier molecular flexibility index (Phi) is 6.58. The molecule has 38 heavy (non-hydrogen) atoms. The van der Waals surface area contributed by atoms with Gasteiger partial charge in [0.2, 0.25) is 5.91 Å². The zero-order chi connectivity index (χ0) is 25.5. The molecule has 2 unspecified atom stereocenters. The predicted octanol–water partition coefficient (Wildman–Crippen LogP) is 3.14. The highest BCUT2D eigenvalue weighted by atomic mass is 32.1. The van der Waals surface area contributed by atoms with Gasteiger partial charge < -0.3 is 15.0 Å². The van der Waals surface area contributed by atoms with Gasteiger partial charge in [0.05, 0.1) is 35.6 Å². The SMILES string of the molecule is O=C(CN1CCN(C(c2cc3ncncc3s2)N2CCOC(c3cccc4[nH]ccc34)C2)CC1)NC1CC1. The van der Waals surface area contributed by atoms with Crippen LogP contribution < -0.4 is 5.32 Å². The third-order valence-corrected chi connectivity index (χ3v) is 9.05. The Bertz CT molecular complexity index is 1390. The zero-order valence-corrected chi connectivity index (χ0v) is 22.2. The number of ether oxygens (including phenoxy) is 1. The minimum Gasteiger partial charge on any atom is -0.371 e. The van der Waals surface area contributed by atoms with E-state index in [2.05, 4.69) is 65.3 Å². The Morgan fingerprint density at radius 1 is 1.16 bits per heavy atom. The monoisotopic (exact) mass is 531 g/mol. The summed E-state index contributed by atoms with van der Waals surface area (Å²) in [6.07, 6.45) is 7.93. The Labute approximate surface area is 225 Å². The molecule has 2 saturated heterocycles. The number of amides is 1. The fourth-order valence-corrected chi connectivity index (χ4v) is 7.02. The van der Waals surface area contributed by atoms with E-state index in [1.54, 1.807) is 17.7 Å². The van der Waals surface area contributed by atoms with E-state index >= 15 is 0 Å². The molecule has 1 amide bonds. The van der Waals surface area contributed by atoms with Crippen LogP contribution in [0.5, 0.6) is 0 Å². The number of nitrogens with one attached hydrogen (secondary N) is 2. The van der Waals surface area contributed by atoms with Crippen molar-refractivity contribution in [1.82, 2.24) is 35.0 Å². The van der Waals surface area contributed by atoms with Crippen molar-refractivity contribution in [2.24, 2.45) is 0 Å². The first-order valence-corrected chi connectivity index (χ1v) is 14.4. The van der Waals surface area contributed by atoms with Gasteiger partial charge in [0.25, 0.3) is 0 Å². The second kappa shape index (κ2) is 10.3. The van der Waals surface area contributed by atoms with Crippen LogP contribution in [0.15, 0.2) is 49.1 Å². The minimum absolute atomic E-state index is 0.00679. The lowest BCUT2D eigenvalue weighted by Crippen LogP contribution is -2.54. The third-order valence-electron chi connectivity index (χ3n) is 7.95. The van der Waals surface area contributed by atoms with Crippen molar-refractivity contribution in [2.75, 3.05) is 52.4 Å². The molecule has 1 saturated carbocycles. The van der Waals surface area contributed by atoms with Gasteiger partial charge in [-0.3, -0.25) is 19.5 Å². The number of fused-ring (bicyclic) bond motifs is 2. The number of aromatic amines is 1. The van der Waals surface area contributed by atoms with Crippen LogP contribution in [0.25, 0.3) is 21.1 Å². The maximum Gasteiger partial charge on any atom is 0.234 e. The summed E-state index contributed by atoms with van der Waals surface area (Å²) in [5, 5.41) is 4.36. The number of nitrogens with zero attached hydrogens (tertiary/aromatic N) is 5. The average Bonchev–Trinajstić information content (AvgIpc) is 3.44. The number of benzene rings is 1. The molecule has 9 nitrogen and oxygen atoms in total. The van der Waals surface area contributed by atoms with Gasteiger partial charge in [-0.25, -0.2) is 9.97 Å². The van der Waals surface area contributed by atoms with E-state index < -0.39 is 0 Å². The Balaban J connectivity index is 1.13. The summed E-state index contributed by atoms with van der Waals surface area (Å²) in [6, 6.07) is 11.2. The first-order chi connectivity index (χ1) is 18.7. The summed E-state index contributed by atoms with van der Waals surface area (Å²) in [5.41, 5.74) is 3.38. The lowest BCUT2D eigenvalue weighted by molar-refractivity contribution is -0.123. The number of morpholine rings is 1. The summed E-state index contributed by atoms with van der Waals surface area (Å²) in [6.45, 7) is 6.47.